The van der Waals surface area contributed by atoms with Gasteiger partial charge in [-0.3, -0.25) is 0 Å². The van der Waals surface area contributed by atoms with Gasteiger partial charge in [0.1, 0.15) is 0 Å². The van der Waals surface area contributed by atoms with Crippen LogP contribution in [0.25, 0.3) is 0 Å². The zero-order chi connectivity index (χ0) is 5.70. The first-order valence-corrected chi connectivity index (χ1v) is 3.88. The summed E-state index contributed by atoms with van der Waals surface area (Å²) in [6.45, 7) is 2.31. The van der Waals surface area contributed by atoms with Crippen LogP contribution in [0.2, 0.25) is 4.47 Å². The van der Waals surface area contributed by atoms with Crippen LogP contribution in [0, 0.1) is 0 Å². The quantitative estimate of drug-likeness (QED) is 0.474. The van der Waals surface area contributed by atoms with Gasteiger partial charge in [0, 0.05) is 0 Å². The number of hydrogen-bond acceptors (Lipinski definition) is 2. The molecule has 0 N–H and O–H groups in total. The van der Waals surface area contributed by atoms with Crippen molar-refractivity contribution in [1.82, 2.24) is 0 Å². The van der Waals surface area contributed by atoms with E-state index in [0.717, 1.165) is 0 Å². The average Bonchev–Trinajstić information content (AvgIpc) is 1.68. The van der Waals surface area contributed by atoms with E-state index in [4.69, 9.17) is 0 Å². The molecule has 3 heteroatoms. The van der Waals surface area contributed by atoms with Gasteiger partial charge >= 0.3 is 55.8 Å². The average molecular weight is 216 g/mol. The van der Waals surface area contributed by atoms with Crippen LogP contribution in [-0.4, -0.2) is 34.9 Å². The number of rotatable bonds is 2. The summed E-state index contributed by atoms with van der Waals surface area (Å²) >= 11 is 1.47. The molecule has 0 bridgehead atoms. The predicted octanol–water partition coefficient (Wildman–Crippen LogP) is -0.131. The maximum atomic E-state index is 10.2. The Balaban J connectivity index is 3.00. The molecule has 0 spiro atoms. The van der Waals surface area contributed by atoms with Gasteiger partial charge in [0.2, 0.25) is 0 Å². The molecule has 0 aliphatic heterocycles. The van der Waals surface area contributed by atoms with Crippen molar-refractivity contribution >= 4 is 28.3 Å². The van der Waals surface area contributed by atoms with Crippen LogP contribution in [0.1, 0.15) is 6.92 Å². The summed E-state index contributed by atoms with van der Waals surface area (Å²) in [5, 5.41) is 0. The van der Waals surface area contributed by atoms with Gasteiger partial charge in [0.15, 0.2) is 0 Å². The van der Waals surface area contributed by atoms with Crippen molar-refractivity contribution in [3.8, 4) is 0 Å². The van der Waals surface area contributed by atoms with Gasteiger partial charge in [-0.1, -0.05) is 0 Å². The van der Waals surface area contributed by atoms with Crippen molar-refractivity contribution in [3.63, 3.8) is 0 Å². The van der Waals surface area contributed by atoms with E-state index in [0.29, 0.717) is 11.1 Å². The van der Waals surface area contributed by atoms with Gasteiger partial charge in [-0.05, 0) is 0 Å². The van der Waals surface area contributed by atoms with Crippen molar-refractivity contribution in [1.29, 1.82) is 0 Å². The summed E-state index contributed by atoms with van der Waals surface area (Å²) in [5.74, 6) is -0.100. The van der Waals surface area contributed by atoms with Crippen molar-refractivity contribution in [3.05, 3.63) is 0 Å². The first kappa shape index (κ1) is 7.26. The molecule has 0 saturated carbocycles. The Morgan fingerprint density at radius 1 is 1.86 bits per heavy atom. The molecule has 0 aromatic rings. The Morgan fingerprint density at radius 3 is 2.57 bits per heavy atom. The Bertz CT molecular complexity index is 62.7. The monoisotopic (exact) mass is 218 g/mol. The van der Waals surface area contributed by atoms with E-state index in [1.54, 1.807) is 6.92 Å². The molecule has 42 valence electrons. The second kappa shape index (κ2) is 4.42. The molecule has 0 aliphatic rings. The van der Waals surface area contributed by atoms with Crippen LogP contribution in [0.4, 0.5) is 0 Å². The van der Waals surface area contributed by atoms with E-state index >= 15 is 0 Å². The first-order chi connectivity index (χ1) is 3.31. The summed E-state index contributed by atoms with van der Waals surface area (Å²) < 4.78 is 5.09. The van der Waals surface area contributed by atoms with E-state index in [1.165, 1.54) is 22.3 Å². The van der Waals surface area contributed by atoms with Crippen molar-refractivity contribution < 1.29 is 9.53 Å². The molecule has 0 aromatic heterocycles. The molecule has 0 rings (SSSR count). The van der Waals surface area contributed by atoms with Crippen molar-refractivity contribution in [2.24, 2.45) is 0 Å². The predicted molar refractivity (Wildman–Crippen MR) is 28.6 cm³/mol. The Hall–Kier alpha value is 0.260. The molecule has 0 aromatic carbocycles. The van der Waals surface area contributed by atoms with Crippen molar-refractivity contribution in [2.45, 2.75) is 11.4 Å². The number of esters is 1. The third kappa shape index (κ3) is 4.11. The fourth-order valence-electron chi connectivity index (χ4n) is 0.207. The Kier molecular flexibility index (Phi) is 4.58. The molecular formula is C4H8O2Te. The summed E-state index contributed by atoms with van der Waals surface area (Å²) in [5.41, 5.74) is 0. The number of hydrogen-bond donors (Lipinski definition) is 0. The SMILES string of the molecule is CCOC(=O)C[TeH]. The Morgan fingerprint density at radius 2 is 2.43 bits per heavy atom. The molecule has 0 unspecified atom stereocenters. The third-order valence-electron chi connectivity index (χ3n) is 0.434. The summed E-state index contributed by atoms with van der Waals surface area (Å²) in [7, 11) is 0. The van der Waals surface area contributed by atoms with Crippen molar-refractivity contribution in [2.75, 3.05) is 6.61 Å². The molecule has 0 atom stereocenters. The standard InChI is InChI=1S/C4H8O2Te/c1-2-6-4(5)3-7/h7H,2-3H2,1H3. The van der Waals surface area contributed by atoms with Gasteiger partial charge in [0.25, 0.3) is 0 Å². The van der Waals surface area contributed by atoms with Gasteiger partial charge in [-0.2, -0.15) is 0 Å². The normalized spacial score (nSPS) is 8.29. The molecular weight excluding hydrogens is 208 g/mol. The summed E-state index contributed by atoms with van der Waals surface area (Å²) in [6.07, 6.45) is 0. The van der Waals surface area contributed by atoms with E-state index in [1.807, 2.05) is 0 Å². The second-order valence-electron chi connectivity index (χ2n) is 0.963. The van der Waals surface area contributed by atoms with E-state index < -0.39 is 0 Å². The minimum absolute atomic E-state index is 0.100. The second-order valence-corrected chi connectivity index (χ2v) is 1.87. The van der Waals surface area contributed by atoms with Crippen LogP contribution >= 0.6 is 0 Å². The van der Waals surface area contributed by atoms with Crippen LogP contribution in [0.5, 0.6) is 0 Å². The molecule has 7 heavy (non-hydrogen) atoms. The van der Waals surface area contributed by atoms with Gasteiger partial charge in [-0.25, -0.2) is 0 Å². The fraction of sp³-hybridized carbons (Fsp3) is 0.750. The van der Waals surface area contributed by atoms with Crippen LogP contribution < -0.4 is 0 Å². The molecule has 0 radical (unpaired) electrons. The summed E-state index contributed by atoms with van der Waals surface area (Å²) in [4.78, 5) is 10.2. The van der Waals surface area contributed by atoms with E-state index in [2.05, 4.69) is 4.74 Å². The van der Waals surface area contributed by atoms with Gasteiger partial charge < -0.3 is 0 Å². The van der Waals surface area contributed by atoms with Gasteiger partial charge in [-0.15, -0.1) is 0 Å². The van der Waals surface area contributed by atoms with Gasteiger partial charge in [0.05, 0.1) is 0 Å². The van der Waals surface area contributed by atoms with Crippen LogP contribution in [0.3, 0.4) is 0 Å². The first-order valence-electron chi connectivity index (χ1n) is 2.07. The fourth-order valence-corrected chi connectivity index (χ4v) is 0.467. The molecule has 0 saturated heterocycles. The van der Waals surface area contributed by atoms with E-state index in [9.17, 15) is 4.79 Å². The topological polar surface area (TPSA) is 26.3 Å². The number of carbonyl (C=O) groups excluding carboxylic acids is 1. The minimum atomic E-state index is -0.100. The van der Waals surface area contributed by atoms with Crippen LogP contribution in [-0.2, 0) is 9.53 Å². The van der Waals surface area contributed by atoms with E-state index in [-0.39, 0.29) is 5.97 Å². The molecule has 0 aliphatic carbocycles. The zero-order valence-corrected chi connectivity index (χ0v) is 6.73. The number of carbonyl (C=O) groups is 1. The summed E-state index contributed by atoms with van der Waals surface area (Å²) in [6, 6.07) is 0. The molecule has 0 heterocycles. The third-order valence-corrected chi connectivity index (χ3v) is 1.17. The van der Waals surface area contributed by atoms with Crippen LogP contribution in [0.15, 0.2) is 0 Å². The molecule has 0 fully saturated rings. The zero-order valence-electron chi connectivity index (χ0n) is 4.18. The Labute approximate surface area is 56.1 Å². The molecule has 2 nitrogen and oxygen atoms in total. The maximum absolute atomic E-state index is 10.2. The molecule has 0 amide bonds. The number of ether oxygens (including phenoxy) is 1.